The van der Waals surface area contributed by atoms with Crippen molar-refractivity contribution in [2.45, 2.75) is 19.6 Å². The molecule has 59 valence electrons. The van der Waals surface area contributed by atoms with Gasteiger partial charge >= 0.3 is 0 Å². The van der Waals surface area contributed by atoms with Crippen molar-refractivity contribution in [3.63, 3.8) is 0 Å². The van der Waals surface area contributed by atoms with Crippen molar-refractivity contribution in [1.82, 2.24) is 5.53 Å². The van der Waals surface area contributed by atoms with Crippen molar-refractivity contribution < 1.29 is 4.74 Å². The fourth-order valence-corrected chi connectivity index (χ4v) is 0.865. The van der Waals surface area contributed by atoms with Crippen molar-refractivity contribution in [1.29, 1.82) is 0 Å². The van der Waals surface area contributed by atoms with Gasteiger partial charge in [-0.1, -0.05) is 0 Å². The average molecular weight is 152 g/mol. The molecule has 0 aliphatic carbocycles. The molecule has 2 N–H and O–H groups in total. The van der Waals surface area contributed by atoms with E-state index in [0.29, 0.717) is 5.70 Å². The third kappa shape index (κ3) is 1.11. The largest absolute Gasteiger partial charge is 0.467 e. The van der Waals surface area contributed by atoms with Crippen molar-refractivity contribution in [3.05, 3.63) is 23.6 Å². The Morgan fingerprint density at radius 2 is 2.36 bits per heavy atom. The van der Waals surface area contributed by atoms with Crippen LogP contribution in [0.5, 0.6) is 0 Å². The maximum Gasteiger partial charge on any atom is 0.257 e. The maximum atomic E-state index is 8.59. The quantitative estimate of drug-likeness (QED) is 0.563. The van der Waals surface area contributed by atoms with Crippen LogP contribution in [-0.4, -0.2) is 5.72 Å². The molecule has 0 spiro atoms. The lowest BCUT2D eigenvalue weighted by Gasteiger charge is -2.26. The molecule has 0 bridgehead atoms. The van der Waals surface area contributed by atoms with E-state index in [-0.39, 0.29) is 0 Å². The van der Waals surface area contributed by atoms with Gasteiger partial charge in [0.05, 0.1) is 12.0 Å². The van der Waals surface area contributed by atoms with Crippen LogP contribution >= 0.6 is 0 Å². The molecule has 1 aliphatic rings. The van der Waals surface area contributed by atoms with Gasteiger partial charge in [0.1, 0.15) is 0 Å². The Bertz CT molecular complexity index is 244. The number of hydrogen-bond acceptors (Lipinski definition) is 3. The summed E-state index contributed by atoms with van der Waals surface area (Å²) in [6.45, 7) is 3.42. The molecular formula is C7H10N3O. The Hall–Kier alpha value is -1.32. The third-order valence-corrected chi connectivity index (χ3v) is 1.73. The molecule has 0 aromatic carbocycles. The lowest BCUT2D eigenvalue weighted by molar-refractivity contribution is 0.0702. The van der Waals surface area contributed by atoms with Gasteiger partial charge in [0.25, 0.3) is 5.72 Å². The Morgan fingerprint density at radius 1 is 1.73 bits per heavy atom. The van der Waals surface area contributed by atoms with E-state index in [2.05, 4.69) is 5.11 Å². The second kappa shape index (κ2) is 2.38. The van der Waals surface area contributed by atoms with Crippen molar-refractivity contribution in [3.8, 4) is 0 Å². The van der Waals surface area contributed by atoms with Gasteiger partial charge in [-0.15, -0.1) is 5.11 Å². The first-order chi connectivity index (χ1) is 5.10. The van der Waals surface area contributed by atoms with Crippen molar-refractivity contribution in [2.24, 2.45) is 10.8 Å². The lowest BCUT2D eigenvalue weighted by atomic mass is 10.1. The van der Waals surface area contributed by atoms with E-state index in [4.69, 9.17) is 16.0 Å². The molecule has 0 saturated carbocycles. The molecule has 0 aromatic rings. The number of hydrogen-bond donors (Lipinski definition) is 1. The standard InChI is InChI=1S/C7H10N3O/c1-5-3-4-11-7(2,10-9)6(5)8/h3-4H,8H2,1-2H3. The molecule has 0 amide bonds. The summed E-state index contributed by atoms with van der Waals surface area (Å²) in [6.07, 6.45) is 3.19. The number of nitrogens with two attached hydrogens (primary N) is 1. The summed E-state index contributed by atoms with van der Waals surface area (Å²) >= 11 is 0. The molecule has 4 heteroatoms. The second-order valence-corrected chi connectivity index (χ2v) is 2.60. The van der Waals surface area contributed by atoms with Gasteiger partial charge in [0.15, 0.2) is 0 Å². The first-order valence-corrected chi connectivity index (χ1v) is 3.27. The molecule has 1 heterocycles. The predicted octanol–water partition coefficient (Wildman–Crippen LogP) is 0.732. The molecule has 11 heavy (non-hydrogen) atoms. The minimum Gasteiger partial charge on any atom is -0.467 e. The summed E-state index contributed by atoms with van der Waals surface area (Å²) in [5.74, 6) is 0. The molecule has 1 atom stereocenters. The van der Waals surface area contributed by atoms with E-state index in [0.717, 1.165) is 5.57 Å². The first-order valence-electron chi connectivity index (χ1n) is 3.27. The van der Waals surface area contributed by atoms with Gasteiger partial charge in [-0.2, -0.15) is 0 Å². The Morgan fingerprint density at radius 3 is 2.82 bits per heavy atom. The topological polar surface area (TPSA) is 69.9 Å². The average Bonchev–Trinajstić information content (AvgIpc) is 2.00. The van der Waals surface area contributed by atoms with Crippen LogP contribution in [0.3, 0.4) is 0 Å². The zero-order valence-electron chi connectivity index (χ0n) is 6.53. The van der Waals surface area contributed by atoms with Crippen LogP contribution in [0.15, 0.2) is 28.7 Å². The second-order valence-electron chi connectivity index (χ2n) is 2.60. The van der Waals surface area contributed by atoms with E-state index in [1.807, 2.05) is 6.92 Å². The Labute approximate surface area is 65.2 Å². The Balaban J connectivity index is 3.06. The molecule has 1 aliphatic heterocycles. The SMILES string of the molecule is CC1=C(N)C(C)(N=[N])OC=C1. The minimum atomic E-state index is -1.10. The van der Waals surface area contributed by atoms with Crippen LogP contribution in [0.2, 0.25) is 0 Å². The van der Waals surface area contributed by atoms with Gasteiger partial charge in [-0.3, -0.25) is 0 Å². The monoisotopic (exact) mass is 152 g/mol. The van der Waals surface area contributed by atoms with Gasteiger partial charge < -0.3 is 10.5 Å². The lowest BCUT2D eigenvalue weighted by Crippen LogP contribution is -2.34. The molecular weight excluding hydrogens is 142 g/mol. The summed E-state index contributed by atoms with van der Waals surface area (Å²) in [6, 6.07) is 0. The third-order valence-electron chi connectivity index (χ3n) is 1.73. The van der Waals surface area contributed by atoms with Crippen LogP contribution < -0.4 is 11.3 Å². The fourth-order valence-electron chi connectivity index (χ4n) is 0.865. The van der Waals surface area contributed by atoms with Gasteiger partial charge in [0, 0.05) is 6.92 Å². The molecule has 1 unspecified atom stereocenters. The summed E-state index contributed by atoms with van der Waals surface area (Å²) in [7, 11) is 0. The number of allylic oxidation sites excluding steroid dienone is 2. The van der Waals surface area contributed by atoms with E-state index < -0.39 is 5.72 Å². The highest BCUT2D eigenvalue weighted by molar-refractivity contribution is 5.29. The number of ether oxygens (including phenoxy) is 1. The highest BCUT2D eigenvalue weighted by Crippen LogP contribution is 2.25. The fraction of sp³-hybridized carbons (Fsp3) is 0.429. The normalized spacial score (nSPS) is 30.0. The zero-order chi connectivity index (χ0) is 8.48. The predicted molar refractivity (Wildman–Crippen MR) is 40.1 cm³/mol. The van der Waals surface area contributed by atoms with Gasteiger partial charge in [-0.25, -0.2) is 0 Å². The molecule has 1 radical (unpaired) electrons. The van der Waals surface area contributed by atoms with Crippen LogP contribution in [0.1, 0.15) is 13.8 Å². The van der Waals surface area contributed by atoms with Crippen molar-refractivity contribution in [2.75, 3.05) is 0 Å². The highest BCUT2D eigenvalue weighted by atomic mass is 16.5. The van der Waals surface area contributed by atoms with Gasteiger partial charge in [0.2, 0.25) is 0 Å². The van der Waals surface area contributed by atoms with Crippen molar-refractivity contribution >= 4 is 0 Å². The zero-order valence-corrected chi connectivity index (χ0v) is 6.53. The van der Waals surface area contributed by atoms with E-state index in [1.165, 1.54) is 6.26 Å². The molecule has 0 aromatic heterocycles. The van der Waals surface area contributed by atoms with Gasteiger partial charge in [-0.05, 0) is 24.1 Å². The van der Waals surface area contributed by atoms with Crippen LogP contribution in [0.25, 0.3) is 0 Å². The van der Waals surface area contributed by atoms with E-state index >= 15 is 0 Å². The summed E-state index contributed by atoms with van der Waals surface area (Å²) in [5.41, 5.74) is 14.4. The minimum absolute atomic E-state index is 0.433. The molecule has 0 saturated heterocycles. The van der Waals surface area contributed by atoms with Crippen LogP contribution in [0, 0.1) is 0 Å². The molecule has 1 rings (SSSR count). The molecule has 4 nitrogen and oxygen atoms in total. The van der Waals surface area contributed by atoms with Crippen LogP contribution in [-0.2, 0) is 4.74 Å². The highest BCUT2D eigenvalue weighted by Gasteiger charge is 2.31. The smallest absolute Gasteiger partial charge is 0.257 e. The number of rotatable bonds is 1. The maximum absolute atomic E-state index is 8.59. The Kier molecular flexibility index (Phi) is 1.68. The van der Waals surface area contributed by atoms with E-state index in [9.17, 15) is 0 Å². The summed E-state index contributed by atoms with van der Waals surface area (Å²) < 4.78 is 5.02. The summed E-state index contributed by atoms with van der Waals surface area (Å²) in [4.78, 5) is 0. The van der Waals surface area contributed by atoms with E-state index in [1.54, 1.807) is 13.0 Å². The first kappa shape index (κ1) is 7.78. The number of nitrogens with zero attached hydrogens (tertiary/aromatic N) is 2. The summed E-state index contributed by atoms with van der Waals surface area (Å²) in [5, 5.41) is 3.05. The molecule has 0 fully saturated rings. The van der Waals surface area contributed by atoms with Crippen LogP contribution in [0.4, 0.5) is 0 Å².